The first-order valence-corrected chi connectivity index (χ1v) is 7.91. The molecule has 0 aliphatic rings. The molecule has 2 rings (SSSR count). The van der Waals surface area contributed by atoms with Crippen LogP contribution in [0, 0.1) is 19.7 Å². The van der Waals surface area contributed by atoms with Gasteiger partial charge in [-0.3, -0.25) is 4.72 Å². The first-order valence-electron chi connectivity index (χ1n) is 6.05. The Morgan fingerprint density at radius 2 is 1.86 bits per heavy atom. The zero-order valence-electron chi connectivity index (χ0n) is 11.4. The van der Waals surface area contributed by atoms with Crippen molar-refractivity contribution in [3.8, 4) is 0 Å². The summed E-state index contributed by atoms with van der Waals surface area (Å²) in [5.74, 6) is -0.648. The fourth-order valence-corrected chi connectivity index (χ4v) is 3.16. The van der Waals surface area contributed by atoms with Gasteiger partial charge in [0.15, 0.2) is 0 Å². The Bertz CT molecular complexity index is 784. The minimum atomic E-state index is -3.96. The Morgan fingerprint density at radius 1 is 1.19 bits per heavy atom. The summed E-state index contributed by atoms with van der Waals surface area (Å²) in [6, 6.07) is 6.78. The molecule has 0 fully saturated rings. The van der Waals surface area contributed by atoms with Crippen molar-refractivity contribution >= 4 is 33.0 Å². The fourth-order valence-electron chi connectivity index (χ4n) is 1.74. The van der Waals surface area contributed by atoms with Gasteiger partial charge in [0.1, 0.15) is 5.82 Å². The summed E-state index contributed by atoms with van der Waals surface area (Å²) in [5, 5.41) is 0.236. The van der Waals surface area contributed by atoms with E-state index in [9.17, 15) is 12.8 Å². The Morgan fingerprint density at radius 3 is 2.43 bits per heavy atom. The largest absolute Gasteiger partial charge is 0.398 e. The number of hydrogen-bond donors (Lipinski definition) is 2. The van der Waals surface area contributed by atoms with Crippen LogP contribution in [0.4, 0.5) is 15.8 Å². The van der Waals surface area contributed by atoms with Gasteiger partial charge in [0.05, 0.1) is 10.6 Å². The van der Waals surface area contributed by atoms with Crippen LogP contribution in [-0.2, 0) is 10.0 Å². The minimum absolute atomic E-state index is 0.115. The lowest BCUT2D eigenvalue weighted by Crippen LogP contribution is -2.14. The van der Waals surface area contributed by atoms with Gasteiger partial charge in [-0.15, -0.1) is 0 Å². The molecule has 0 aliphatic carbocycles. The van der Waals surface area contributed by atoms with Gasteiger partial charge in [0, 0.05) is 10.7 Å². The second-order valence-electron chi connectivity index (χ2n) is 4.71. The van der Waals surface area contributed by atoms with Crippen LogP contribution in [0.2, 0.25) is 5.02 Å². The topological polar surface area (TPSA) is 72.2 Å². The van der Waals surface area contributed by atoms with E-state index in [2.05, 4.69) is 4.72 Å². The molecule has 0 unspecified atom stereocenters. The van der Waals surface area contributed by atoms with Gasteiger partial charge in [-0.25, -0.2) is 12.8 Å². The smallest absolute Gasteiger partial charge is 0.262 e. The van der Waals surface area contributed by atoms with Gasteiger partial charge in [-0.2, -0.15) is 0 Å². The first kappa shape index (κ1) is 15.6. The van der Waals surface area contributed by atoms with Crippen LogP contribution in [0.25, 0.3) is 0 Å². The minimum Gasteiger partial charge on any atom is -0.398 e. The third kappa shape index (κ3) is 3.28. The lowest BCUT2D eigenvalue weighted by atomic mass is 10.2. The molecule has 0 saturated heterocycles. The van der Waals surface area contributed by atoms with Gasteiger partial charge >= 0.3 is 0 Å². The van der Waals surface area contributed by atoms with Gasteiger partial charge in [-0.1, -0.05) is 17.7 Å². The summed E-state index contributed by atoms with van der Waals surface area (Å²) in [6.07, 6.45) is 0. The number of nitrogen functional groups attached to an aromatic ring is 1. The van der Waals surface area contributed by atoms with Crippen LogP contribution in [0.15, 0.2) is 35.2 Å². The van der Waals surface area contributed by atoms with E-state index in [1.54, 1.807) is 19.9 Å². The molecule has 0 bridgehead atoms. The van der Waals surface area contributed by atoms with Gasteiger partial charge in [-0.05, 0) is 49.2 Å². The maximum Gasteiger partial charge on any atom is 0.262 e. The maximum atomic E-state index is 13.7. The van der Waals surface area contributed by atoms with E-state index in [4.69, 9.17) is 17.3 Å². The lowest BCUT2D eigenvalue weighted by molar-refractivity contribution is 0.598. The number of hydrogen-bond acceptors (Lipinski definition) is 3. The van der Waals surface area contributed by atoms with Crippen molar-refractivity contribution in [3.05, 3.63) is 52.3 Å². The highest BCUT2D eigenvalue weighted by Crippen LogP contribution is 2.27. The van der Waals surface area contributed by atoms with Gasteiger partial charge < -0.3 is 5.73 Å². The van der Waals surface area contributed by atoms with E-state index in [0.717, 1.165) is 0 Å². The van der Waals surface area contributed by atoms with Crippen molar-refractivity contribution in [2.75, 3.05) is 10.5 Å². The standard InChI is InChI=1S/C14H14ClFN2O2S/c1-8-3-4-14(12(16)5-8)18-21(19,20)10-6-11(15)9(2)13(17)7-10/h3-7,18H,17H2,1-2H3. The van der Waals surface area contributed by atoms with Gasteiger partial charge in [0.25, 0.3) is 10.0 Å². The molecule has 0 amide bonds. The van der Waals surface area contributed by atoms with E-state index in [-0.39, 0.29) is 21.3 Å². The molecule has 0 spiro atoms. The molecule has 7 heteroatoms. The Balaban J connectivity index is 2.43. The average Bonchev–Trinajstić information content (AvgIpc) is 2.38. The monoisotopic (exact) mass is 328 g/mol. The summed E-state index contributed by atoms with van der Waals surface area (Å²) < 4.78 is 40.5. The molecule has 3 N–H and O–H groups in total. The zero-order valence-corrected chi connectivity index (χ0v) is 13.0. The Kier molecular flexibility index (Phi) is 4.11. The SMILES string of the molecule is Cc1ccc(NS(=O)(=O)c2cc(N)c(C)c(Cl)c2)c(F)c1. The summed E-state index contributed by atoms with van der Waals surface area (Å²) in [4.78, 5) is -0.115. The third-order valence-electron chi connectivity index (χ3n) is 3.04. The number of benzene rings is 2. The second-order valence-corrected chi connectivity index (χ2v) is 6.80. The number of anilines is 2. The Hall–Kier alpha value is -1.79. The van der Waals surface area contributed by atoms with Crippen molar-refractivity contribution in [1.82, 2.24) is 0 Å². The third-order valence-corrected chi connectivity index (χ3v) is 4.77. The highest BCUT2D eigenvalue weighted by Gasteiger charge is 2.18. The molecule has 2 aromatic rings. The number of aryl methyl sites for hydroxylation is 1. The number of sulfonamides is 1. The molecule has 4 nitrogen and oxygen atoms in total. The molecule has 0 aliphatic heterocycles. The summed E-state index contributed by atoms with van der Waals surface area (Å²) in [6.45, 7) is 3.39. The van der Waals surface area contributed by atoms with Crippen LogP contribution in [-0.4, -0.2) is 8.42 Å². The zero-order chi connectivity index (χ0) is 15.8. The molecule has 0 saturated carbocycles. The van der Waals surface area contributed by atoms with Gasteiger partial charge in [0.2, 0.25) is 0 Å². The molecule has 21 heavy (non-hydrogen) atoms. The van der Waals surface area contributed by atoms with Crippen molar-refractivity contribution in [2.45, 2.75) is 18.7 Å². The quantitative estimate of drug-likeness (QED) is 0.847. The molecule has 0 atom stereocenters. The Labute approximate surface area is 127 Å². The summed E-state index contributed by atoms with van der Waals surface area (Å²) >= 11 is 5.93. The number of nitrogens with one attached hydrogen (secondary N) is 1. The van der Waals surface area contributed by atoms with E-state index in [1.165, 1.54) is 24.3 Å². The summed E-state index contributed by atoms with van der Waals surface area (Å²) in [5.41, 5.74) is 7.13. The maximum absolute atomic E-state index is 13.7. The molecule has 112 valence electrons. The lowest BCUT2D eigenvalue weighted by Gasteiger charge is -2.11. The number of rotatable bonds is 3. The van der Waals surface area contributed by atoms with Crippen molar-refractivity contribution in [1.29, 1.82) is 0 Å². The molecule has 0 radical (unpaired) electrons. The van der Waals surface area contributed by atoms with Crippen LogP contribution < -0.4 is 10.5 Å². The van der Waals surface area contributed by atoms with Crippen LogP contribution in [0.1, 0.15) is 11.1 Å². The fraction of sp³-hybridized carbons (Fsp3) is 0.143. The molecular formula is C14H14ClFN2O2S. The van der Waals surface area contributed by atoms with E-state index < -0.39 is 15.8 Å². The van der Waals surface area contributed by atoms with Crippen molar-refractivity contribution in [3.63, 3.8) is 0 Å². The molecule has 2 aromatic carbocycles. The van der Waals surface area contributed by atoms with E-state index in [1.807, 2.05) is 0 Å². The predicted octanol–water partition coefficient (Wildman–Crippen LogP) is 3.48. The highest BCUT2D eigenvalue weighted by atomic mass is 35.5. The first-order chi connectivity index (χ1) is 9.70. The predicted molar refractivity (Wildman–Crippen MR) is 82.5 cm³/mol. The number of nitrogens with two attached hydrogens (primary N) is 1. The van der Waals surface area contributed by atoms with Crippen LogP contribution in [0.3, 0.4) is 0 Å². The van der Waals surface area contributed by atoms with E-state index in [0.29, 0.717) is 11.1 Å². The highest BCUT2D eigenvalue weighted by molar-refractivity contribution is 7.92. The molecular weight excluding hydrogens is 315 g/mol. The second kappa shape index (κ2) is 5.54. The average molecular weight is 329 g/mol. The van der Waals surface area contributed by atoms with E-state index >= 15 is 0 Å². The molecule has 0 heterocycles. The van der Waals surface area contributed by atoms with Crippen LogP contribution >= 0.6 is 11.6 Å². The summed E-state index contributed by atoms with van der Waals surface area (Å²) in [7, 11) is -3.96. The van der Waals surface area contributed by atoms with Crippen molar-refractivity contribution in [2.24, 2.45) is 0 Å². The number of halogens is 2. The normalized spacial score (nSPS) is 11.4. The van der Waals surface area contributed by atoms with Crippen LogP contribution in [0.5, 0.6) is 0 Å². The van der Waals surface area contributed by atoms with Crippen molar-refractivity contribution < 1.29 is 12.8 Å². The molecule has 0 aromatic heterocycles.